The molecule has 1 N–H and O–H groups in total. The Bertz CT molecular complexity index is 425. The number of aryl methyl sites for hydroxylation is 1. The van der Waals surface area contributed by atoms with Crippen molar-refractivity contribution in [1.29, 1.82) is 0 Å². The lowest BCUT2D eigenvalue weighted by Crippen LogP contribution is -2.29. The van der Waals surface area contributed by atoms with E-state index in [-0.39, 0.29) is 0 Å². The van der Waals surface area contributed by atoms with Crippen molar-refractivity contribution in [2.45, 2.75) is 59.2 Å². The Balaban J connectivity index is 2.12. The highest BCUT2D eigenvalue weighted by molar-refractivity contribution is 5.38. The molecule has 2 rings (SSSR count). The quantitative estimate of drug-likeness (QED) is 0.882. The van der Waals surface area contributed by atoms with E-state index in [0.29, 0.717) is 6.10 Å². The van der Waals surface area contributed by atoms with Gasteiger partial charge in [-0.3, -0.25) is 0 Å². The molecule has 106 valence electrons. The third-order valence-electron chi connectivity index (χ3n) is 4.46. The maximum Gasteiger partial charge on any atom is 0.125 e. The Labute approximate surface area is 116 Å². The van der Waals surface area contributed by atoms with Crippen LogP contribution in [-0.4, -0.2) is 11.2 Å². The molecule has 1 aromatic carbocycles. The van der Waals surface area contributed by atoms with Gasteiger partial charge in [-0.2, -0.15) is 0 Å². The van der Waals surface area contributed by atoms with Crippen molar-refractivity contribution in [2.75, 3.05) is 0 Å². The van der Waals surface area contributed by atoms with Crippen LogP contribution in [0.4, 0.5) is 0 Å². The average molecular weight is 262 g/mol. The van der Waals surface area contributed by atoms with Crippen LogP contribution in [0, 0.1) is 18.8 Å². The van der Waals surface area contributed by atoms with Crippen molar-refractivity contribution in [3.05, 3.63) is 29.3 Å². The van der Waals surface area contributed by atoms with Gasteiger partial charge in [0.05, 0.1) is 12.2 Å². The minimum absolute atomic E-state index is 0.297. The van der Waals surface area contributed by atoms with Crippen molar-refractivity contribution in [2.24, 2.45) is 11.8 Å². The molecular formula is C17H26O2. The van der Waals surface area contributed by atoms with Gasteiger partial charge < -0.3 is 9.84 Å². The van der Waals surface area contributed by atoms with E-state index < -0.39 is 6.10 Å². The number of hydrogen-bond acceptors (Lipinski definition) is 2. The van der Waals surface area contributed by atoms with Crippen molar-refractivity contribution in [3.63, 3.8) is 0 Å². The average Bonchev–Trinajstić information content (AvgIpc) is 2.33. The van der Waals surface area contributed by atoms with Crippen molar-refractivity contribution >= 4 is 0 Å². The van der Waals surface area contributed by atoms with Crippen LogP contribution in [0.2, 0.25) is 0 Å². The van der Waals surface area contributed by atoms with Gasteiger partial charge in [-0.05, 0) is 56.6 Å². The van der Waals surface area contributed by atoms with Gasteiger partial charge in [0.25, 0.3) is 0 Å². The van der Waals surface area contributed by atoms with Gasteiger partial charge in [-0.1, -0.05) is 26.0 Å². The summed E-state index contributed by atoms with van der Waals surface area (Å²) in [6, 6.07) is 6.05. The number of aliphatic hydroxyl groups excluding tert-OH is 1. The van der Waals surface area contributed by atoms with E-state index >= 15 is 0 Å². The topological polar surface area (TPSA) is 29.5 Å². The molecule has 1 aromatic rings. The summed E-state index contributed by atoms with van der Waals surface area (Å²) in [5.74, 6) is 2.38. The lowest BCUT2D eigenvalue weighted by molar-refractivity contribution is 0.0957. The first kappa shape index (κ1) is 14.4. The van der Waals surface area contributed by atoms with Gasteiger partial charge >= 0.3 is 0 Å². The van der Waals surface area contributed by atoms with Crippen LogP contribution >= 0.6 is 0 Å². The highest BCUT2D eigenvalue weighted by atomic mass is 16.5. The third kappa shape index (κ3) is 3.50. The molecule has 1 aliphatic carbocycles. The molecule has 0 radical (unpaired) electrons. The van der Waals surface area contributed by atoms with Crippen molar-refractivity contribution < 1.29 is 9.84 Å². The molecule has 19 heavy (non-hydrogen) atoms. The Morgan fingerprint density at radius 2 is 1.95 bits per heavy atom. The predicted molar refractivity (Wildman–Crippen MR) is 78.4 cm³/mol. The van der Waals surface area contributed by atoms with Gasteiger partial charge in [-0.15, -0.1) is 0 Å². The molecule has 1 fully saturated rings. The van der Waals surface area contributed by atoms with Gasteiger partial charge in [0.15, 0.2) is 0 Å². The fourth-order valence-corrected chi connectivity index (χ4v) is 2.87. The van der Waals surface area contributed by atoms with Crippen LogP contribution in [0.15, 0.2) is 18.2 Å². The monoisotopic (exact) mass is 262 g/mol. The van der Waals surface area contributed by atoms with E-state index in [1.165, 1.54) is 12.0 Å². The first-order chi connectivity index (χ1) is 8.97. The maximum absolute atomic E-state index is 9.84. The minimum Gasteiger partial charge on any atom is -0.490 e. The van der Waals surface area contributed by atoms with Gasteiger partial charge in [0.1, 0.15) is 5.75 Å². The van der Waals surface area contributed by atoms with E-state index in [1.54, 1.807) is 6.92 Å². The van der Waals surface area contributed by atoms with E-state index in [0.717, 1.165) is 36.0 Å². The Morgan fingerprint density at radius 3 is 2.58 bits per heavy atom. The molecule has 2 nitrogen and oxygen atoms in total. The summed E-state index contributed by atoms with van der Waals surface area (Å²) in [6.45, 7) is 8.49. The zero-order valence-corrected chi connectivity index (χ0v) is 12.5. The molecular weight excluding hydrogens is 236 g/mol. The largest absolute Gasteiger partial charge is 0.490 e. The highest BCUT2D eigenvalue weighted by Crippen LogP contribution is 2.34. The number of hydrogen-bond donors (Lipinski definition) is 1. The molecule has 0 aromatic heterocycles. The number of benzene rings is 1. The van der Waals surface area contributed by atoms with Gasteiger partial charge in [-0.25, -0.2) is 0 Å². The van der Waals surface area contributed by atoms with Gasteiger partial charge in [0, 0.05) is 5.56 Å². The van der Waals surface area contributed by atoms with Crippen LogP contribution < -0.4 is 4.74 Å². The molecule has 4 atom stereocenters. The number of ether oxygens (including phenoxy) is 1. The smallest absolute Gasteiger partial charge is 0.125 e. The van der Waals surface area contributed by atoms with Crippen molar-refractivity contribution in [1.82, 2.24) is 0 Å². The molecule has 0 saturated heterocycles. The zero-order valence-electron chi connectivity index (χ0n) is 12.5. The van der Waals surface area contributed by atoms with Crippen LogP contribution in [-0.2, 0) is 0 Å². The Hall–Kier alpha value is -1.02. The minimum atomic E-state index is -0.476. The molecule has 0 aliphatic heterocycles. The summed E-state index contributed by atoms with van der Waals surface area (Å²) in [7, 11) is 0. The molecule has 3 unspecified atom stereocenters. The van der Waals surface area contributed by atoms with E-state index in [4.69, 9.17) is 4.74 Å². The molecule has 1 aliphatic rings. The van der Waals surface area contributed by atoms with Crippen molar-refractivity contribution in [3.8, 4) is 5.75 Å². The SMILES string of the molecule is Cc1ccc([C@@H](C)O)c(OC2CCC(C)C(C)C2)c1. The molecule has 2 heteroatoms. The lowest BCUT2D eigenvalue weighted by atomic mass is 9.80. The van der Waals surface area contributed by atoms with E-state index in [9.17, 15) is 5.11 Å². The van der Waals surface area contributed by atoms with E-state index in [2.05, 4.69) is 20.8 Å². The lowest BCUT2D eigenvalue weighted by Gasteiger charge is -2.33. The van der Waals surface area contributed by atoms with Crippen LogP contribution in [0.5, 0.6) is 5.75 Å². The zero-order chi connectivity index (χ0) is 14.0. The summed E-state index contributed by atoms with van der Waals surface area (Å²) in [4.78, 5) is 0. The first-order valence-electron chi connectivity index (χ1n) is 7.42. The van der Waals surface area contributed by atoms with Crippen LogP contribution in [0.3, 0.4) is 0 Å². The van der Waals surface area contributed by atoms with Crippen LogP contribution in [0.1, 0.15) is 57.3 Å². The Morgan fingerprint density at radius 1 is 1.21 bits per heavy atom. The highest BCUT2D eigenvalue weighted by Gasteiger charge is 2.26. The fraction of sp³-hybridized carbons (Fsp3) is 0.647. The standard InChI is InChI=1S/C17H26O2/c1-11-5-8-16(14(4)18)17(9-11)19-15-7-6-12(2)13(3)10-15/h5,8-9,12-15,18H,6-7,10H2,1-4H3/t12?,13?,14-,15?/m1/s1. The third-order valence-corrected chi connectivity index (χ3v) is 4.46. The second-order valence-electron chi connectivity index (χ2n) is 6.22. The summed E-state index contributed by atoms with van der Waals surface area (Å²) < 4.78 is 6.19. The fourth-order valence-electron chi connectivity index (χ4n) is 2.87. The first-order valence-corrected chi connectivity index (χ1v) is 7.42. The maximum atomic E-state index is 9.84. The number of aliphatic hydroxyl groups is 1. The Kier molecular flexibility index (Phi) is 4.51. The molecule has 0 spiro atoms. The van der Waals surface area contributed by atoms with Crippen LogP contribution in [0.25, 0.3) is 0 Å². The normalized spacial score (nSPS) is 29.0. The van der Waals surface area contributed by atoms with Gasteiger partial charge in [0.2, 0.25) is 0 Å². The van der Waals surface area contributed by atoms with E-state index in [1.807, 2.05) is 18.2 Å². The summed E-state index contributed by atoms with van der Waals surface area (Å²) in [6.07, 6.45) is 3.30. The summed E-state index contributed by atoms with van der Waals surface area (Å²) in [5, 5.41) is 9.84. The molecule has 1 saturated carbocycles. The summed E-state index contributed by atoms with van der Waals surface area (Å²) in [5.41, 5.74) is 2.08. The molecule has 0 bridgehead atoms. The summed E-state index contributed by atoms with van der Waals surface area (Å²) >= 11 is 0. The predicted octanol–water partition coefficient (Wildman–Crippen LogP) is 4.25. The molecule has 0 heterocycles. The molecule has 0 amide bonds. The second-order valence-corrected chi connectivity index (χ2v) is 6.22. The second kappa shape index (κ2) is 5.96. The number of rotatable bonds is 3.